The molecule has 0 saturated carbocycles. The van der Waals surface area contributed by atoms with E-state index in [0.29, 0.717) is 0 Å². The van der Waals surface area contributed by atoms with Crippen LogP contribution in [0.5, 0.6) is 11.5 Å². The van der Waals surface area contributed by atoms with Gasteiger partial charge in [-0.25, -0.2) is 9.97 Å². The lowest BCUT2D eigenvalue weighted by atomic mass is 10.2. The first-order valence-electron chi connectivity index (χ1n) is 10.9. The molecule has 0 unspecified atom stereocenters. The Kier molecular flexibility index (Phi) is 4.47. The van der Waals surface area contributed by atoms with Crippen molar-refractivity contribution in [1.29, 1.82) is 0 Å². The number of hydrogen-bond acceptors (Lipinski definition) is 3. The molecule has 4 heterocycles. The first-order valence-corrected chi connectivity index (χ1v) is 10.9. The number of hydrogen-bond donors (Lipinski definition) is 0. The van der Waals surface area contributed by atoms with Gasteiger partial charge in [0.25, 0.3) is 0 Å². The summed E-state index contributed by atoms with van der Waals surface area (Å²) < 4.78 is 10.5. The highest BCUT2D eigenvalue weighted by molar-refractivity contribution is 5.68. The number of rotatable bonds is 4. The van der Waals surface area contributed by atoms with E-state index in [-0.39, 0.29) is 0 Å². The Morgan fingerprint density at radius 1 is 0.576 bits per heavy atom. The van der Waals surface area contributed by atoms with E-state index in [1.807, 2.05) is 86.9 Å². The maximum absolute atomic E-state index is 6.27. The van der Waals surface area contributed by atoms with E-state index in [9.17, 15) is 0 Å². The topological polar surface area (TPSA) is 43.8 Å². The molecule has 6 aromatic rings. The molecule has 6 rings (SSSR count). The van der Waals surface area contributed by atoms with Crippen molar-refractivity contribution < 1.29 is 4.74 Å². The molecule has 0 bridgehead atoms. The zero-order chi connectivity index (χ0) is 22.4. The summed E-state index contributed by atoms with van der Waals surface area (Å²) in [5, 5.41) is 0. The molecule has 0 aliphatic heterocycles. The molecule has 4 aromatic heterocycles. The largest absolute Gasteiger partial charge is 0.457 e. The van der Waals surface area contributed by atoms with Crippen LogP contribution < -0.4 is 4.74 Å². The van der Waals surface area contributed by atoms with Gasteiger partial charge in [0.2, 0.25) is 0 Å². The molecule has 5 nitrogen and oxygen atoms in total. The molecule has 160 valence electrons. The van der Waals surface area contributed by atoms with E-state index in [0.717, 1.165) is 56.7 Å². The van der Waals surface area contributed by atoms with E-state index in [1.165, 1.54) is 0 Å². The average Bonchev–Trinajstić information content (AvgIpc) is 3.37. The van der Waals surface area contributed by atoms with Crippen LogP contribution in [0.25, 0.3) is 33.8 Å². The Morgan fingerprint density at radius 3 is 1.55 bits per heavy atom. The van der Waals surface area contributed by atoms with Crippen LogP contribution in [-0.2, 0) is 0 Å². The molecule has 0 fully saturated rings. The Morgan fingerprint density at radius 2 is 1.06 bits per heavy atom. The summed E-state index contributed by atoms with van der Waals surface area (Å²) >= 11 is 0. The van der Waals surface area contributed by atoms with Gasteiger partial charge in [0.15, 0.2) is 0 Å². The van der Waals surface area contributed by atoms with Gasteiger partial charge in [0.1, 0.15) is 23.1 Å². The Hall–Kier alpha value is -4.38. The second-order valence-electron chi connectivity index (χ2n) is 8.11. The van der Waals surface area contributed by atoms with Crippen molar-refractivity contribution in [3.05, 3.63) is 109 Å². The number of aryl methyl sites for hydroxylation is 2. The highest BCUT2D eigenvalue weighted by atomic mass is 16.5. The van der Waals surface area contributed by atoms with Gasteiger partial charge >= 0.3 is 0 Å². The lowest BCUT2D eigenvalue weighted by Crippen LogP contribution is -1.91. The van der Waals surface area contributed by atoms with E-state index in [1.54, 1.807) is 0 Å². The molecule has 5 heteroatoms. The normalized spacial score (nSPS) is 11.3. The van der Waals surface area contributed by atoms with Crippen LogP contribution in [0.2, 0.25) is 0 Å². The van der Waals surface area contributed by atoms with E-state index < -0.39 is 0 Å². The number of aromatic nitrogens is 4. The molecule has 2 aromatic carbocycles. The fourth-order valence-corrected chi connectivity index (χ4v) is 4.33. The van der Waals surface area contributed by atoms with Gasteiger partial charge in [0.05, 0.1) is 22.4 Å². The second-order valence-corrected chi connectivity index (χ2v) is 8.11. The number of nitrogens with zero attached hydrogens (tertiary/aromatic N) is 4. The third-order valence-corrected chi connectivity index (χ3v) is 5.88. The molecule has 33 heavy (non-hydrogen) atoms. The highest BCUT2D eigenvalue weighted by Gasteiger charge is 2.12. The summed E-state index contributed by atoms with van der Waals surface area (Å²) in [6, 6.07) is 28.4. The fraction of sp³-hybridized carbons (Fsp3) is 0.0714. The average molecular weight is 431 g/mol. The molecule has 0 spiro atoms. The van der Waals surface area contributed by atoms with Crippen molar-refractivity contribution in [3.8, 4) is 34.3 Å². The number of imidazole rings is 2. The summed E-state index contributed by atoms with van der Waals surface area (Å²) in [6.45, 7) is 4.07. The molecule has 0 radical (unpaired) electrons. The first kappa shape index (κ1) is 19.3. The zero-order valence-electron chi connectivity index (χ0n) is 18.4. The minimum Gasteiger partial charge on any atom is -0.457 e. The molecule has 0 atom stereocenters. The van der Waals surface area contributed by atoms with Crippen LogP contribution in [0.1, 0.15) is 11.4 Å². The minimum absolute atomic E-state index is 0.763. The number of ether oxygens (including phenoxy) is 1. The SMILES string of the molecule is Cc1nc(-c2cccc(Oc3cccc(-c4nc(C)c5ccccn45)c3)c2)n2ccccc12. The Labute approximate surface area is 191 Å². The van der Waals surface area contributed by atoms with Crippen molar-refractivity contribution >= 4 is 11.0 Å². The minimum atomic E-state index is 0.763. The lowest BCUT2D eigenvalue weighted by Gasteiger charge is -2.09. The smallest absolute Gasteiger partial charge is 0.144 e. The number of fused-ring (bicyclic) bond motifs is 2. The predicted molar refractivity (Wildman–Crippen MR) is 131 cm³/mol. The summed E-state index contributed by atoms with van der Waals surface area (Å²) in [5.41, 5.74) is 6.24. The second kappa shape index (κ2) is 7.64. The number of benzene rings is 2. The van der Waals surface area contributed by atoms with Crippen molar-refractivity contribution in [1.82, 2.24) is 18.8 Å². The van der Waals surface area contributed by atoms with Crippen molar-refractivity contribution in [3.63, 3.8) is 0 Å². The van der Waals surface area contributed by atoms with Crippen LogP contribution in [0.3, 0.4) is 0 Å². The third-order valence-electron chi connectivity index (χ3n) is 5.88. The van der Waals surface area contributed by atoms with Crippen LogP contribution >= 0.6 is 0 Å². The Bertz CT molecular complexity index is 1500. The van der Waals surface area contributed by atoms with Gasteiger partial charge in [-0.05, 0) is 62.4 Å². The first-order chi connectivity index (χ1) is 16.2. The van der Waals surface area contributed by atoms with Crippen LogP contribution in [0.15, 0.2) is 97.3 Å². The maximum atomic E-state index is 6.27. The molecular formula is C28H22N4O. The fourth-order valence-electron chi connectivity index (χ4n) is 4.33. The van der Waals surface area contributed by atoms with Gasteiger partial charge in [0, 0.05) is 23.5 Å². The summed E-state index contributed by atoms with van der Waals surface area (Å²) in [4.78, 5) is 9.58. The predicted octanol–water partition coefficient (Wildman–Crippen LogP) is 6.73. The van der Waals surface area contributed by atoms with Gasteiger partial charge in [-0.3, -0.25) is 8.80 Å². The molecule has 0 amide bonds. The van der Waals surface area contributed by atoms with Crippen molar-refractivity contribution in [2.45, 2.75) is 13.8 Å². The van der Waals surface area contributed by atoms with Crippen molar-refractivity contribution in [2.75, 3.05) is 0 Å². The molecule has 0 aliphatic rings. The lowest BCUT2D eigenvalue weighted by molar-refractivity contribution is 0.483. The van der Waals surface area contributed by atoms with E-state index >= 15 is 0 Å². The van der Waals surface area contributed by atoms with Gasteiger partial charge in [-0.2, -0.15) is 0 Å². The quantitative estimate of drug-likeness (QED) is 0.312. The van der Waals surface area contributed by atoms with Crippen molar-refractivity contribution in [2.24, 2.45) is 0 Å². The van der Waals surface area contributed by atoms with Gasteiger partial charge in [-0.15, -0.1) is 0 Å². The summed E-state index contributed by atoms with van der Waals surface area (Å²) in [6.07, 6.45) is 4.08. The van der Waals surface area contributed by atoms with E-state index in [4.69, 9.17) is 14.7 Å². The van der Waals surface area contributed by atoms with E-state index in [2.05, 4.69) is 33.1 Å². The summed E-state index contributed by atoms with van der Waals surface area (Å²) in [5.74, 6) is 3.33. The standard InChI is InChI=1S/C28H22N4O/c1-19-25-13-3-5-15-31(25)27(29-19)21-9-7-11-23(17-21)33-24-12-8-10-22(18-24)28-30-20(2)26-14-4-6-16-32(26)28/h3-18H,1-2H3. The van der Waals surface area contributed by atoms with Gasteiger partial charge in [-0.1, -0.05) is 36.4 Å². The molecular weight excluding hydrogens is 408 g/mol. The molecule has 0 aliphatic carbocycles. The monoisotopic (exact) mass is 430 g/mol. The van der Waals surface area contributed by atoms with Crippen LogP contribution in [0.4, 0.5) is 0 Å². The molecule has 0 saturated heterocycles. The highest BCUT2D eigenvalue weighted by Crippen LogP contribution is 2.31. The zero-order valence-corrected chi connectivity index (χ0v) is 18.4. The van der Waals surface area contributed by atoms with Gasteiger partial charge < -0.3 is 4.74 Å². The Balaban J connectivity index is 1.35. The maximum Gasteiger partial charge on any atom is 0.144 e. The third kappa shape index (κ3) is 3.34. The number of pyridine rings is 2. The van der Waals surface area contributed by atoms with Crippen LogP contribution in [0, 0.1) is 13.8 Å². The van der Waals surface area contributed by atoms with Crippen LogP contribution in [-0.4, -0.2) is 18.8 Å². The summed E-state index contributed by atoms with van der Waals surface area (Å²) in [7, 11) is 0. The molecule has 0 N–H and O–H groups in total.